The van der Waals surface area contributed by atoms with Crippen LogP contribution in [0.5, 0.6) is 0 Å². The number of rotatable bonds is 3. The molecular weight excluding hydrogens is 362 g/mol. The molecule has 8 heteroatoms. The zero-order chi connectivity index (χ0) is 21.2. The van der Waals surface area contributed by atoms with Crippen molar-refractivity contribution in [3.05, 3.63) is 32.6 Å². The van der Waals surface area contributed by atoms with E-state index in [1.54, 1.807) is 18.9 Å². The quantitative estimate of drug-likeness (QED) is 0.841. The van der Waals surface area contributed by atoms with Crippen LogP contribution in [-0.2, 0) is 14.3 Å². The lowest BCUT2D eigenvalue weighted by Gasteiger charge is -2.38. The highest BCUT2D eigenvalue weighted by Crippen LogP contribution is 2.53. The summed E-state index contributed by atoms with van der Waals surface area (Å²) in [6, 6.07) is -0.475. The Morgan fingerprint density at radius 1 is 1.18 bits per heavy atom. The first-order valence-corrected chi connectivity index (χ1v) is 9.61. The third-order valence-corrected chi connectivity index (χ3v) is 5.22. The van der Waals surface area contributed by atoms with E-state index in [1.807, 2.05) is 41.5 Å². The van der Waals surface area contributed by atoms with E-state index in [4.69, 9.17) is 9.47 Å². The molecule has 2 aliphatic rings. The SMILES string of the molecule is Cc1cn([C@@H]2O[C@@]3(CC(C)(C)C)C(=O)N(C)C2C3OC(C)(C)C)c(=O)[nH]c1=O. The van der Waals surface area contributed by atoms with Crippen LogP contribution in [0, 0.1) is 12.3 Å². The van der Waals surface area contributed by atoms with E-state index in [1.165, 1.54) is 10.8 Å². The second-order valence-electron chi connectivity index (χ2n) is 10.2. The van der Waals surface area contributed by atoms with Gasteiger partial charge in [-0.3, -0.25) is 19.1 Å². The summed E-state index contributed by atoms with van der Waals surface area (Å²) in [5.41, 5.74) is -2.47. The predicted molar refractivity (Wildman–Crippen MR) is 104 cm³/mol. The topological polar surface area (TPSA) is 93.6 Å². The van der Waals surface area contributed by atoms with Crippen molar-refractivity contribution in [2.75, 3.05) is 7.05 Å². The van der Waals surface area contributed by atoms with Crippen molar-refractivity contribution in [1.82, 2.24) is 14.5 Å². The van der Waals surface area contributed by atoms with Gasteiger partial charge in [0.05, 0.1) is 5.60 Å². The molecule has 4 atom stereocenters. The fourth-order valence-electron chi connectivity index (χ4n) is 4.33. The molecule has 0 aliphatic carbocycles. The molecule has 1 aromatic heterocycles. The van der Waals surface area contributed by atoms with Crippen LogP contribution in [0.3, 0.4) is 0 Å². The Hall–Kier alpha value is -1.93. The number of ether oxygens (including phenoxy) is 2. The van der Waals surface area contributed by atoms with E-state index in [2.05, 4.69) is 4.98 Å². The third kappa shape index (κ3) is 3.33. The number of likely N-dealkylation sites (N-methyl/N-ethyl adjacent to an activating group) is 1. The second kappa shape index (κ2) is 6.29. The molecule has 8 nitrogen and oxygen atoms in total. The molecule has 2 unspecified atom stereocenters. The lowest BCUT2D eigenvalue weighted by molar-refractivity contribution is -0.186. The molecule has 3 rings (SSSR count). The summed E-state index contributed by atoms with van der Waals surface area (Å²) in [5.74, 6) is -0.132. The summed E-state index contributed by atoms with van der Waals surface area (Å²) >= 11 is 0. The van der Waals surface area contributed by atoms with Gasteiger partial charge in [0.15, 0.2) is 11.8 Å². The van der Waals surface area contributed by atoms with Crippen LogP contribution in [0.2, 0.25) is 0 Å². The molecule has 0 saturated carbocycles. The first-order valence-electron chi connectivity index (χ1n) is 9.61. The summed E-state index contributed by atoms with van der Waals surface area (Å²) < 4.78 is 14.1. The minimum atomic E-state index is -1.18. The van der Waals surface area contributed by atoms with Crippen LogP contribution in [0.15, 0.2) is 15.8 Å². The molecule has 156 valence electrons. The van der Waals surface area contributed by atoms with E-state index < -0.39 is 40.8 Å². The number of aryl methyl sites for hydroxylation is 1. The van der Waals surface area contributed by atoms with Gasteiger partial charge in [-0.15, -0.1) is 0 Å². The number of aromatic amines is 1. The Morgan fingerprint density at radius 2 is 1.79 bits per heavy atom. The van der Waals surface area contributed by atoms with Crippen molar-refractivity contribution in [3.63, 3.8) is 0 Å². The van der Waals surface area contributed by atoms with Crippen LogP contribution in [-0.4, -0.2) is 50.8 Å². The highest BCUT2D eigenvalue weighted by atomic mass is 16.6. The molecule has 0 spiro atoms. The number of H-pyrrole nitrogens is 1. The Bertz CT molecular complexity index is 904. The number of likely N-dealkylation sites (tertiary alicyclic amines) is 1. The Morgan fingerprint density at radius 3 is 2.32 bits per heavy atom. The minimum absolute atomic E-state index is 0.132. The van der Waals surface area contributed by atoms with Crippen LogP contribution < -0.4 is 11.2 Å². The predicted octanol–water partition coefficient (Wildman–Crippen LogP) is 1.57. The average Bonchev–Trinajstić information content (AvgIpc) is 2.88. The Balaban J connectivity index is 2.15. The number of hydrogen-bond donors (Lipinski definition) is 1. The van der Waals surface area contributed by atoms with E-state index in [0.29, 0.717) is 12.0 Å². The number of amides is 1. The summed E-state index contributed by atoms with van der Waals surface area (Å²) in [5, 5.41) is 0. The monoisotopic (exact) mass is 393 g/mol. The molecule has 0 aromatic carbocycles. The van der Waals surface area contributed by atoms with Crippen molar-refractivity contribution in [1.29, 1.82) is 0 Å². The van der Waals surface area contributed by atoms with E-state index in [-0.39, 0.29) is 11.3 Å². The van der Waals surface area contributed by atoms with Gasteiger partial charge in [-0.1, -0.05) is 20.8 Å². The Kier molecular flexibility index (Phi) is 4.67. The zero-order valence-electron chi connectivity index (χ0n) is 18.0. The second-order valence-corrected chi connectivity index (χ2v) is 10.2. The largest absolute Gasteiger partial charge is 0.367 e. The van der Waals surface area contributed by atoms with Gasteiger partial charge in [0, 0.05) is 18.8 Å². The number of hydrogen-bond acceptors (Lipinski definition) is 5. The van der Waals surface area contributed by atoms with Crippen molar-refractivity contribution >= 4 is 5.91 Å². The van der Waals surface area contributed by atoms with Crippen molar-refractivity contribution in [2.45, 2.75) is 84.5 Å². The lowest BCUT2D eigenvalue weighted by Crippen LogP contribution is -2.52. The maximum absolute atomic E-state index is 13.2. The first kappa shape index (κ1) is 20.8. The third-order valence-electron chi connectivity index (χ3n) is 5.22. The minimum Gasteiger partial charge on any atom is -0.367 e. The summed E-state index contributed by atoms with van der Waals surface area (Å²) in [6.45, 7) is 13.6. The highest BCUT2D eigenvalue weighted by molar-refractivity contribution is 5.90. The molecule has 0 radical (unpaired) electrons. The normalized spacial score (nSPS) is 30.4. The number of nitrogens with one attached hydrogen (secondary N) is 1. The van der Waals surface area contributed by atoms with E-state index in [0.717, 1.165) is 0 Å². The maximum atomic E-state index is 13.2. The molecule has 2 saturated heterocycles. The molecule has 1 N–H and O–H groups in total. The van der Waals surface area contributed by atoms with Crippen LogP contribution in [0.25, 0.3) is 0 Å². The maximum Gasteiger partial charge on any atom is 0.330 e. The summed E-state index contributed by atoms with van der Waals surface area (Å²) in [7, 11) is 1.72. The van der Waals surface area contributed by atoms with Gasteiger partial charge in [0.2, 0.25) is 0 Å². The number of fused-ring (bicyclic) bond motifs is 2. The summed E-state index contributed by atoms with van der Waals surface area (Å²) in [6.07, 6.45) is 0.673. The molecule has 28 heavy (non-hydrogen) atoms. The molecule has 1 amide bonds. The first-order chi connectivity index (χ1) is 12.7. The van der Waals surface area contributed by atoms with Crippen molar-refractivity contribution in [3.8, 4) is 0 Å². The average molecular weight is 393 g/mol. The van der Waals surface area contributed by atoms with Gasteiger partial charge in [-0.25, -0.2) is 4.79 Å². The van der Waals surface area contributed by atoms with Gasteiger partial charge in [-0.05, 0) is 39.5 Å². The molecular formula is C20H31N3O5. The molecule has 1 aromatic rings. The van der Waals surface area contributed by atoms with Gasteiger partial charge in [0.25, 0.3) is 11.5 Å². The van der Waals surface area contributed by atoms with Gasteiger partial charge >= 0.3 is 5.69 Å². The number of aromatic nitrogens is 2. The molecule has 3 heterocycles. The number of morpholine rings is 1. The fourth-order valence-corrected chi connectivity index (χ4v) is 4.33. The highest BCUT2D eigenvalue weighted by Gasteiger charge is 2.70. The van der Waals surface area contributed by atoms with Crippen LogP contribution in [0.1, 0.15) is 59.8 Å². The summed E-state index contributed by atoms with van der Waals surface area (Å²) in [4.78, 5) is 41.5. The molecule has 2 bridgehead atoms. The molecule has 2 aliphatic heterocycles. The standard InChI is InChI=1S/C20H31N3O5/c1-11-9-23(17(26)21-14(11)24)15-12-13(27-19(5,6)7)20(28-15,10-18(2,3)4)16(25)22(12)8/h9,12-13,15H,10H2,1-8H3,(H,21,24,26)/t12?,13?,15-,20-/m1/s1. The van der Waals surface area contributed by atoms with Crippen LogP contribution in [0.4, 0.5) is 0 Å². The number of carbonyl (C=O) groups is 1. The van der Waals surface area contributed by atoms with Gasteiger partial charge < -0.3 is 14.4 Å². The van der Waals surface area contributed by atoms with Crippen molar-refractivity contribution in [2.24, 2.45) is 5.41 Å². The lowest BCUT2D eigenvalue weighted by atomic mass is 9.79. The van der Waals surface area contributed by atoms with Crippen LogP contribution >= 0.6 is 0 Å². The number of nitrogens with zero attached hydrogens (tertiary/aromatic N) is 2. The zero-order valence-corrected chi connectivity index (χ0v) is 18.0. The molecule has 2 fully saturated rings. The van der Waals surface area contributed by atoms with Crippen molar-refractivity contribution < 1.29 is 14.3 Å². The van der Waals surface area contributed by atoms with Gasteiger partial charge in [0.1, 0.15) is 12.1 Å². The smallest absolute Gasteiger partial charge is 0.330 e. The van der Waals surface area contributed by atoms with E-state index >= 15 is 0 Å². The number of carbonyl (C=O) groups excluding carboxylic acids is 1. The van der Waals surface area contributed by atoms with E-state index in [9.17, 15) is 14.4 Å². The Labute approximate surface area is 164 Å². The van der Waals surface area contributed by atoms with Gasteiger partial charge in [-0.2, -0.15) is 0 Å². The fraction of sp³-hybridized carbons (Fsp3) is 0.750.